The zero-order valence-corrected chi connectivity index (χ0v) is 20.0. The van der Waals surface area contributed by atoms with Crippen LogP contribution >= 0.6 is 0 Å². The molecule has 2 heteroatoms. The van der Waals surface area contributed by atoms with Gasteiger partial charge in [-0.15, -0.1) is 0 Å². The van der Waals surface area contributed by atoms with Crippen molar-refractivity contribution < 1.29 is 9.53 Å². The third kappa shape index (κ3) is 6.23. The van der Waals surface area contributed by atoms with E-state index in [1.807, 2.05) is 0 Å². The lowest BCUT2D eigenvalue weighted by atomic mass is 9.64. The molecule has 2 nitrogen and oxygen atoms in total. The van der Waals surface area contributed by atoms with Gasteiger partial charge in [-0.25, -0.2) is 0 Å². The molecule has 0 radical (unpaired) electrons. The monoisotopic (exact) mass is 392 g/mol. The Morgan fingerprint density at radius 2 is 1.68 bits per heavy atom. The number of hydrogen-bond donors (Lipinski definition) is 0. The zero-order chi connectivity index (χ0) is 21.0. The average molecular weight is 393 g/mol. The lowest BCUT2D eigenvalue weighted by Gasteiger charge is -2.47. The van der Waals surface area contributed by atoms with E-state index < -0.39 is 0 Å². The average Bonchev–Trinajstić information content (AvgIpc) is 2.63. The van der Waals surface area contributed by atoms with Crippen LogP contribution in [0.1, 0.15) is 126 Å². The van der Waals surface area contributed by atoms with Gasteiger partial charge in [0.15, 0.2) is 0 Å². The fraction of sp³-hybridized carbons (Fsp3) is 0.962. The Bertz CT molecular complexity index is 501. The van der Waals surface area contributed by atoms with Gasteiger partial charge in [-0.05, 0) is 61.2 Å². The molecule has 0 spiro atoms. The van der Waals surface area contributed by atoms with E-state index in [2.05, 4.69) is 48.5 Å². The summed E-state index contributed by atoms with van der Waals surface area (Å²) in [4.78, 5) is 13.6. The highest BCUT2D eigenvalue weighted by Crippen LogP contribution is 2.49. The maximum atomic E-state index is 13.6. The van der Waals surface area contributed by atoms with Gasteiger partial charge in [0.2, 0.25) is 0 Å². The number of hydrogen-bond acceptors (Lipinski definition) is 2. The number of fused-ring (bicyclic) bond motifs is 1. The molecule has 2 saturated carbocycles. The molecule has 0 heterocycles. The van der Waals surface area contributed by atoms with E-state index in [1.165, 1.54) is 44.9 Å². The van der Waals surface area contributed by atoms with Gasteiger partial charge in [-0.2, -0.15) is 0 Å². The quantitative estimate of drug-likeness (QED) is 0.392. The summed E-state index contributed by atoms with van der Waals surface area (Å²) in [5.74, 6) is 1.73. The molecule has 0 aromatic carbocycles. The van der Waals surface area contributed by atoms with Crippen molar-refractivity contribution in [2.24, 2.45) is 28.6 Å². The van der Waals surface area contributed by atoms with Gasteiger partial charge in [0.25, 0.3) is 0 Å². The molecule has 0 aromatic heterocycles. The lowest BCUT2D eigenvalue weighted by Crippen LogP contribution is -2.46. The van der Waals surface area contributed by atoms with Crippen LogP contribution in [0.3, 0.4) is 0 Å². The normalized spacial score (nSPS) is 29.8. The van der Waals surface area contributed by atoms with E-state index in [4.69, 9.17) is 4.74 Å². The third-order valence-electron chi connectivity index (χ3n) is 8.02. The van der Waals surface area contributed by atoms with Crippen molar-refractivity contribution in [1.29, 1.82) is 0 Å². The summed E-state index contributed by atoms with van der Waals surface area (Å²) in [5, 5.41) is 0. The molecule has 2 aliphatic rings. The predicted octanol–water partition coefficient (Wildman–Crippen LogP) is 7.94. The maximum absolute atomic E-state index is 13.6. The number of ether oxygens (including phenoxy) is 1. The lowest BCUT2D eigenvalue weighted by molar-refractivity contribution is -0.179. The van der Waals surface area contributed by atoms with Crippen LogP contribution in [-0.2, 0) is 9.53 Å². The topological polar surface area (TPSA) is 26.3 Å². The number of carbonyl (C=O) groups is 1. The standard InChI is InChI=1S/C26H48O2/c1-8-10-16-26(17-15-20-13-11-12-14-21(20)18-26)28-23(27)22(24(3,4)5)19-25(6,7)9-2/h20-22H,8-19H2,1-7H3. The largest absolute Gasteiger partial charge is 0.459 e. The Balaban J connectivity index is 2.18. The van der Waals surface area contributed by atoms with Crippen molar-refractivity contribution in [3.05, 3.63) is 0 Å². The minimum atomic E-state index is -0.189. The smallest absolute Gasteiger partial charge is 0.310 e. The van der Waals surface area contributed by atoms with Crippen molar-refractivity contribution in [3.8, 4) is 0 Å². The van der Waals surface area contributed by atoms with E-state index in [0.29, 0.717) is 0 Å². The highest BCUT2D eigenvalue weighted by molar-refractivity contribution is 5.74. The van der Waals surface area contributed by atoms with E-state index in [9.17, 15) is 4.79 Å². The maximum Gasteiger partial charge on any atom is 0.310 e. The van der Waals surface area contributed by atoms with Gasteiger partial charge in [-0.1, -0.05) is 87.0 Å². The molecule has 0 N–H and O–H groups in total. The van der Waals surface area contributed by atoms with E-state index in [0.717, 1.165) is 43.9 Å². The van der Waals surface area contributed by atoms with Crippen LogP contribution in [0.2, 0.25) is 0 Å². The Hall–Kier alpha value is -0.530. The molecule has 4 unspecified atom stereocenters. The highest BCUT2D eigenvalue weighted by atomic mass is 16.6. The summed E-state index contributed by atoms with van der Waals surface area (Å²) in [5.41, 5.74) is -0.0719. The molecule has 0 saturated heterocycles. The van der Waals surface area contributed by atoms with Gasteiger partial charge in [0, 0.05) is 0 Å². The fourth-order valence-corrected chi connectivity index (χ4v) is 5.56. The molecule has 0 aliphatic heterocycles. The van der Waals surface area contributed by atoms with Crippen molar-refractivity contribution in [1.82, 2.24) is 0 Å². The summed E-state index contributed by atoms with van der Waals surface area (Å²) >= 11 is 0. The second-order valence-corrected chi connectivity index (χ2v) is 11.9. The van der Waals surface area contributed by atoms with Crippen molar-refractivity contribution in [2.45, 2.75) is 131 Å². The Labute approximate surface area is 175 Å². The van der Waals surface area contributed by atoms with Gasteiger partial charge in [0.05, 0.1) is 5.92 Å². The number of unbranched alkanes of at least 4 members (excludes halogenated alkanes) is 1. The first-order chi connectivity index (χ1) is 13.0. The first kappa shape index (κ1) is 23.7. The number of carbonyl (C=O) groups excluding carboxylic acids is 1. The number of rotatable bonds is 8. The SMILES string of the molecule is CCCCC1(OC(=O)C(CC(C)(C)CC)C(C)(C)C)CCC2CCCCC2C1. The van der Waals surface area contributed by atoms with Crippen LogP contribution in [0, 0.1) is 28.6 Å². The van der Waals surface area contributed by atoms with Gasteiger partial charge >= 0.3 is 5.97 Å². The molecule has 0 amide bonds. The molecule has 0 bridgehead atoms. The van der Waals surface area contributed by atoms with Crippen molar-refractivity contribution in [2.75, 3.05) is 0 Å². The van der Waals surface area contributed by atoms with Gasteiger partial charge in [-0.3, -0.25) is 4.79 Å². The highest BCUT2D eigenvalue weighted by Gasteiger charge is 2.46. The van der Waals surface area contributed by atoms with E-state index in [1.54, 1.807) is 0 Å². The van der Waals surface area contributed by atoms with Crippen LogP contribution in [0.4, 0.5) is 0 Å². The van der Waals surface area contributed by atoms with E-state index >= 15 is 0 Å². The summed E-state index contributed by atoms with van der Waals surface area (Å²) in [7, 11) is 0. The van der Waals surface area contributed by atoms with Gasteiger partial charge in [0.1, 0.15) is 5.60 Å². The molecule has 2 aliphatic carbocycles. The molecular weight excluding hydrogens is 344 g/mol. The Kier molecular flexibility index (Phi) is 8.07. The molecule has 28 heavy (non-hydrogen) atoms. The van der Waals surface area contributed by atoms with Crippen LogP contribution in [0.25, 0.3) is 0 Å². The fourth-order valence-electron chi connectivity index (χ4n) is 5.56. The second-order valence-electron chi connectivity index (χ2n) is 11.9. The second kappa shape index (κ2) is 9.52. The molecule has 0 aromatic rings. The van der Waals surface area contributed by atoms with E-state index in [-0.39, 0.29) is 28.3 Å². The van der Waals surface area contributed by atoms with Crippen molar-refractivity contribution in [3.63, 3.8) is 0 Å². The summed E-state index contributed by atoms with van der Waals surface area (Å²) in [6.45, 7) is 15.7. The predicted molar refractivity (Wildman–Crippen MR) is 119 cm³/mol. The molecule has 2 rings (SSSR count). The van der Waals surface area contributed by atoms with Crippen LogP contribution in [0.5, 0.6) is 0 Å². The number of esters is 1. The minimum Gasteiger partial charge on any atom is -0.459 e. The molecule has 4 atom stereocenters. The Morgan fingerprint density at radius 3 is 2.25 bits per heavy atom. The van der Waals surface area contributed by atoms with Crippen LogP contribution < -0.4 is 0 Å². The molecular formula is C26H48O2. The zero-order valence-electron chi connectivity index (χ0n) is 20.0. The minimum absolute atomic E-state index is 0.0231. The molecule has 2 fully saturated rings. The summed E-state index contributed by atoms with van der Waals surface area (Å²) in [6.07, 6.45) is 14.4. The first-order valence-corrected chi connectivity index (χ1v) is 12.2. The summed E-state index contributed by atoms with van der Waals surface area (Å²) in [6, 6.07) is 0. The third-order valence-corrected chi connectivity index (χ3v) is 8.02. The first-order valence-electron chi connectivity index (χ1n) is 12.2. The van der Waals surface area contributed by atoms with Crippen LogP contribution in [0.15, 0.2) is 0 Å². The molecule has 164 valence electrons. The van der Waals surface area contributed by atoms with Crippen LogP contribution in [-0.4, -0.2) is 11.6 Å². The van der Waals surface area contributed by atoms with Gasteiger partial charge < -0.3 is 4.74 Å². The van der Waals surface area contributed by atoms with Crippen molar-refractivity contribution >= 4 is 5.97 Å². The Morgan fingerprint density at radius 1 is 1.04 bits per heavy atom. The summed E-state index contributed by atoms with van der Waals surface area (Å²) < 4.78 is 6.57.